The quantitative estimate of drug-likeness (QED) is 0.369. The second kappa shape index (κ2) is 10.7. The zero-order valence-electron chi connectivity index (χ0n) is 18.1. The molecule has 1 aromatic heterocycles. The van der Waals surface area contributed by atoms with Gasteiger partial charge < -0.3 is 10.2 Å². The van der Waals surface area contributed by atoms with Gasteiger partial charge in [0.1, 0.15) is 5.03 Å². The highest BCUT2D eigenvalue weighted by Crippen LogP contribution is 2.32. The molecule has 0 spiro atoms. The Bertz CT molecular complexity index is 1150. The highest BCUT2D eigenvalue weighted by Gasteiger charge is 2.35. The molecule has 0 atom stereocenters. The van der Waals surface area contributed by atoms with Crippen molar-refractivity contribution in [1.82, 2.24) is 14.9 Å². The summed E-state index contributed by atoms with van der Waals surface area (Å²) < 4.78 is 39.7. The van der Waals surface area contributed by atoms with E-state index in [9.17, 15) is 22.8 Å². The summed E-state index contributed by atoms with van der Waals surface area (Å²) in [5, 5.41) is 3.30. The standard InChI is InChI=1S/C23H23F3N4O2S/c1-3-12-30(13-19(31)27-17-10-6-4-8-15(17)2)20(32)14-33-21-16-9-5-7-11-18(16)28-22(29-21)23(24,25)26/h4-11H,3,12-14H2,1-2H3,(H,27,31). The van der Waals surface area contributed by atoms with Crippen molar-refractivity contribution in [1.29, 1.82) is 0 Å². The number of alkyl halides is 3. The maximum atomic E-state index is 13.2. The summed E-state index contributed by atoms with van der Waals surface area (Å²) in [6, 6.07) is 13.6. The minimum absolute atomic E-state index is 0.0714. The average molecular weight is 477 g/mol. The van der Waals surface area contributed by atoms with Gasteiger partial charge in [0, 0.05) is 17.6 Å². The van der Waals surface area contributed by atoms with Crippen LogP contribution in [0.5, 0.6) is 0 Å². The predicted octanol–water partition coefficient (Wildman–Crippen LogP) is 4.93. The first-order valence-electron chi connectivity index (χ1n) is 10.3. The molecule has 0 saturated heterocycles. The molecule has 0 aliphatic rings. The van der Waals surface area contributed by atoms with E-state index in [1.807, 2.05) is 26.0 Å². The van der Waals surface area contributed by atoms with E-state index >= 15 is 0 Å². The summed E-state index contributed by atoms with van der Waals surface area (Å²) in [6.07, 6.45) is -4.08. The lowest BCUT2D eigenvalue weighted by atomic mass is 10.2. The van der Waals surface area contributed by atoms with Crippen molar-refractivity contribution in [2.75, 3.05) is 24.2 Å². The molecule has 2 amide bonds. The van der Waals surface area contributed by atoms with E-state index in [4.69, 9.17) is 0 Å². The zero-order valence-corrected chi connectivity index (χ0v) is 19.0. The maximum Gasteiger partial charge on any atom is 0.451 e. The molecule has 174 valence electrons. The lowest BCUT2D eigenvalue weighted by Gasteiger charge is -2.22. The number of aryl methyl sites for hydroxylation is 1. The summed E-state index contributed by atoms with van der Waals surface area (Å²) in [6.45, 7) is 3.93. The molecule has 0 bridgehead atoms. The molecule has 1 N–H and O–H groups in total. The molecule has 0 fully saturated rings. The van der Waals surface area contributed by atoms with E-state index in [0.29, 0.717) is 24.0 Å². The molecule has 0 saturated carbocycles. The number of anilines is 1. The number of para-hydroxylation sites is 2. The minimum atomic E-state index is -4.70. The van der Waals surface area contributed by atoms with Crippen LogP contribution in [0.1, 0.15) is 24.7 Å². The number of amides is 2. The first-order valence-corrected chi connectivity index (χ1v) is 11.3. The number of thioether (sulfide) groups is 1. The van der Waals surface area contributed by atoms with Crippen LogP contribution in [0.3, 0.4) is 0 Å². The lowest BCUT2D eigenvalue weighted by molar-refractivity contribution is -0.145. The van der Waals surface area contributed by atoms with Gasteiger partial charge in [0.15, 0.2) is 0 Å². The Morgan fingerprint density at radius 2 is 1.76 bits per heavy atom. The molecule has 10 heteroatoms. The number of hydrogen-bond acceptors (Lipinski definition) is 5. The number of nitrogens with one attached hydrogen (secondary N) is 1. The van der Waals surface area contributed by atoms with Crippen LogP contribution in [0.2, 0.25) is 0 Å². The molecule has 33 heavy (non-hydrogen) atoms. The van der Waals surface area contributed by atoms with Crippen LogP contribution in [0.15, 0.2) is 53.6 Å². The van der Waals surface area contributed by atoms with Gasteiger partial charge in [-0.3, -0.25) is 9.59 Å². The number of halogens is 3. The first kappa shape index (κ1) is 24.5. The Morgan fingerprint density at radius 1 is 1.06 bits per heavy atom. The smallest absolute Gasteiger partial charge is 0.333 e. The Labute approximate surface area is 193 Å². The second-order valence-corrected chi connectivity index (χ2v) is 8.30. The number of fused-ring (bicyclic) bond motifs is 1. The molecule has 2 aromatic carbocycles. The number of carbonyl (C=O) groups excluding carboxylic acids is 2. The van der Waals surface area contributed by atoms with E-state index in [0.717, 1.165) is 17.3 Å². The third-order valence-corrected chi connectivity index (χ3v) is 5.73. The van der Waals surface area contributed by atoms with Gasteiger partial charge in [-0.1, -0.05) is 55.1 Å². The highest BCUT2D eigenvalue weighted by molar-refractivity contribution is 8.00. The molecule has 0 aliphatic heterocycles. The molecule has 6 nitrogen and oxygen atoms in total. The third kappa shape index (κ3) is 6.44. The number of carbonyl (C=O) groups is 2. The molecule has 3 rings (SSSR count). The SMILES string of the molecule is CCCN(CC(=O)Nc1ccccc1C)C(=O)CSc1nc(C(F)(F)F)nc2ccccc12. The van der Waals surface area contributed by atoms with Gasteiger partial charge >= 0.3 is 6.18 Å². The van der Waals surface area contributed by atoms with Crippen LogP contribution in [0.4, 0.5) is 18.9 Å². The van der Waals surface area contributed by atoms with E-state index in [-0.39, 0.29) is 34.7 Å². The molecule has 3 aromatic rings. The molecule has 0 unspecified atom stereocenters. The van der Waals surface area contributed by atoms with E-state index in [2.05, 4.69) is 15.3 Å². The number of hydrogen-bond donors (Lipinski definition) is 1. The van der Waals surface area contributed by atoms with Crippen molar-refractivity contribution in [3.8, 4) is 0 Å². The zero-order chi connectivity index (χ0) is 24.0. The summed E-state index contributed by atoms with van der Waals surface area (Å²) >= 11 is 0.902. The largest absolute Gasteiger partial charge is 0.451 e. The molecule has 1 heterocycles. The van der Waals surface area contributed by atoms with Gasteiger partial charge in [0.2, 0.25) is 17.6 Å². The second-order valence-electron chi connectivity index (χ2n) is 7.33. The van der Waals surface area contributed by atoms with Gasteiger partial charge in [-0.2, -0.15) is 13.2 Å². The highest BCUT2D eigenvalue weighted by atomic mass is 32.2. The van der Waals surface area contributed by atoms with Gasteiger partial charge in [0.05, 0.1) is 17.8 Å². The van der Waals surface area contributed by atoms with Gasteiger partial charge in [-0.15, -0.1) is 0 Å². The minimum Gasteiger partial charge on any atom is -0.333 e. The van der Waals surface area contributed by atoms with Crippen LogP contribution >= 0.6 is 11.8 Å². The van der Waals surface area contributed by atoms with Gasteiger partial charge in [-0.25, -0.2) is 9.97 Å². The normalized spacial score (nSPS) is 11.4. The molecule has 0 radical (unpaired) electrons. The topological polar surface area (TPSA) is 75.2 Å². The number of benzene rings is 2. The van der Waals surface area contributed by atoms with E-state index < -0.39 is 12.0 Å². The van der Waals surface area contributed by atoms with Crippen molar-refractivity contribution in [3.05, 3.63) is 59.9 Å². The van der Waals surface area contributed by atoms with Crippen molar-refractivity contribution in [2.24, 2.45) is 0 Å². The van der Waals surface area contributed by atoms with Crippen LogP contribution < -0.4 is 5.32 Å². The van der Waals surface area contributed by atoms with Crippen molar-refractivity contribution in [3.63, 3.8) is 0 Å². The van der Waals surface area contributed by atoms with Gasteiger partial charge in [-0.05, 0) is 31.0 Å². The van der Waals surface area contributed by atoms with Crippen LogP contribution in [0, 0.1) is 6.92 Å². The fraction of sp³-hybridized carbons (Fsp3) is 0.304. The number of nitrogens with zero attached hydrogens (tertiary/aromatic N) is 3. The molecular formula is C23H23F3N4O2S. The van der Waals surface area contributed by atoms with E-state index in [1.165, 1.54) is 11.0 Å². The maximum absolute atomic E-state index is 13.2. The fourth-order valence-corrected chi connectivity index (χ4v) is 4.07. The summed E-state index contributed by atoms with van der Waals surface area (Å²) in [5.41, 5.74) is 1.71. The monoisotopic (exact) mass is 476 g/mol. The van der Waals surface area contributed by atoms with Crippen LogP contribution in [0.25, 0.3) is 10.9 Å². The fourth-order valence-electron chi connectivity index (χ4n) is 3.14. The molecule has 0 aliphatic carbocycles. The van der Waals surface area contributed by atoms with Crippen molar-refractivity contribution in [2.45, 2.75) is 31.5 Å². The Kier molecular flexibility index (Phi) is 7.91. The average Bonchev–Trinajstić information content (AvgIpc) is 2.77. The Balaban J connectivity index is 1.73. The third-order valence-electron chi connectivity index (χ3n) is 4.75. The van der Waals surface area contributed by atoms with Crippen molar-refractivity contribution < 1.29 is 22.8 Å². The summed E-state index contributed by atoms with van der Waals surface area (Å²) in [5.74, 6) is -2.11. The Hall–Kier alpha value is -3.14. The van der Waals surface area contributed by atoms with E-state index in [1.54, 1.807) is 30.3 Å². The summed E-state index contributed by atoms with van der Waals surface area (Å²) in [7, 11) is 0. The van der Waals surface area contributed by atoms with Gasteiger partial charge in [0.25, 0.3) is 0 Å². The first-order chi connectivity index (χ1) is 15.7. The lowest BCUT2D eigenvalue weighted by Crippen LogP contribution is -2.39. The van der Waals surface area contributed by atoms with Crippen molar-refractivity contribution >= 4 is 40.2 Å². The van der Waals surface area contributed by atoms with Crippen LogP contribution in [-0.2, 0) is 15.8 Å². The molecular weight excluding hydrogens is 453 g/mol. The predicted molar refractivity (Wildman–Crippen MR) is 122 cm³/mol. The summed E-state index contributed by atoms with van der Waals surface area (Å²) in [4.78, 5) is 34.0. The number of rotatable bonds is 8. The number of aromatic nitrogens is 2. The van der Waals surface area contributed by atoms with Crippen LogP contribution in [-0.4, -0.2) is 45.5 Å². The Morgan fingerprint density at radius 3 is 2.45 bits per heavy atom.